The van der Waals surface area contributed by atoms with E-state index in [0.29, 0.717) is 29.9 Å². The van der Waals surface area contributed by atoms with Gasteiger partial charge in [0.1, 0.15) is 6.29 Å². The first-order chi connectivity index (χ1) is 20.0. The molecule has 1 fully saturated rings. The lowest BCUT2D eigenvalue weighted by atomic mass is 9.88. The number of hydrogen-bond acceptors (Lipinski definition) is 9. The molecule has 1 aliphatic heterocycles. The van der Waals surface area contributed by atoms with E-state index in [9.17, 15) is 33.6 Å². The van der Waals surface area contributed by atoms with Crippen molar-refractivity contribution in [2.24, 2.45) is 17.8 Å². The third kappa shape index (κ3) is 11.8. The number of hydrogen-bond donors (Lipinski definition) is 2. The molecule has 0 unspecified atom stereocenters. The summed E-state index contributed by atoms with van der Waals surface area (Å²) in [4.78, 5) is 91.2. The van der Waals surface area contributed by atoms with Crippen molar-refractivity contribution < 1.29 is 38.4 Å². The summed E-state index contributed by atoms with van der Waals surface area (Å²) in [6, 6.07) is 8.35. The third-order valence-corrected chi connectivity index (χ3v) is 7.45. The van der Waals surface area contributed by atoms with Crippen LogP contribution in [0.25, 0.3) is 0 Å². The molecular weight excluding hydrogens is 562 g/mol. The van der Waals surface area contributed by atoms with Crippen molar-refractivity contribution in [2.75, 3.05) is 18.6 Å². The van der Waals surface area contributed by atoms with Crippen LogP contribution in [0.5, 0.6) is 0 Å². The number of ketones is 1. The highest BCUT2D eigenvalue weighted by Gasteiger charge is 2.33. The highest BCUT2D eigenvalue weighted by atomic mass is 32.2. The highest BCUT2D eigenvalue weighted by molar-refractivity contribution is 7.98. The lowest BCUT2D eigenvalue weighted by Crippen LogP contribution is -2.46. The van der Waals surface area contributed by atoms with E-state index in [4.69, 9.17) is 4.84 Å². The van der Waals surface area contributed by atoms with Gasteiger partial charge in [-0.1, -0.05) is 44.2 Å². The second kappa shape index (κ2) is 18.1. The van der Waals surface area contributed by atoms with Gasteiger partial charge in [0, 0.05) is 44.1 Å². The topological polar surface area (TPSA) is 156 Å². The number of rotatable bonds is 19. The van der Waals surface area contributed by atoms with E-state index in [0.717, 1.165) is 5.56 Å². The summed E-state index contributed by atoms with van der Waals surface area (Å²) in [6.07, 6.45) is 3.35. The van der Waals surface area contributed by atoms with Crippen LogP contribution in [0.1, 0.15) is 64.4 Å². The Morgan fingerprint density at radius 2 is 1.69 bits per heavy atom. The van der Waals surface area contributed by atoms with Gasteiger partial charge in [0.05, 0.1) is 12.5 Å². The van der Waals surface area contributed by atoms with Crippen LogP contribution >= 0.6 is 11.8 Å². The zero-order chi connectivity index (χ0) is 31.1. The molecule has 4 amide bonds. The van der Waals surface area contributed by atoms with E-state index in [1.807, 2.05) is 50.4 Å². The van der Waals surface area contributed by atoms with Crippen molar-refractivity contribution in [2.45, 2.75) is 71.3 Å². The molecule has 11 nitrogen and oxygen atoms in total. The zero-order valence-corrected chi connectivity index (χ0v) is 25.3. The van der Waals surface area contributed by atoms with Crippen LogP contribution in [-0.4, -0.2) is 71.3 Å². The van der Waals surface area contributed by atoms with Crippen molar-refractivity contribution >= 4 is 53.4 Å². The maximum Gasteiger partial charge on any atom is 0.334 e. The predicted octanol–water partition coefficient (Wildman–Crippen LogP) is 2.41. The van der Waals surface area contributed by atoms with E-state index in [1.54, 1.807) is 11.8 Å². The molecule has 1 aliphatic rings. The van der Waals surface area contributed by atoms with E-state index in [2.05, 4.69) is 10.6 Å². The first kappa shape index (κ1) is 34.7. The number of carbonyl (C=O) groups excluding carboxylic acids is 7. The van der Waals surface area contributed by atoms with Crippen LogP contribution in [-0.2, 0) is 44.8 Å². The Kier molecular flexibility index (Phi) is 14.9. The van der Waals surface area contributed by atoms with Crippen LogP contribution in [0, 0.1) is 17.8 Å². The van der Waals surface area contributed by atoms with Crippen molar-refractivity contribution in [1.82, 2.24) is 15.7 Å². The summed E-state index contributed by atoms with van der Waals surface area (Å²) in [5.74, 6) is -3.68. The van der Waals surface area contributed by atoms with Gasteiger partial charge in [0.25, 0.3) is 11.8 Å². The molecule has 1 aromatic rings. The molecule has 3 atom stereocenters. The molecule has 12 heteroatoms. The third-order valence-electron chi connectivity index (χ3n) is 6.80. The number of Topliss-reactive ketones (excluding diaryl/α,β-unsaturated/α-hetero) is 1. The average Bonchev–Trinajstić information content (AvgIpc) is 3.26. The van der Waals surface area contributed by atoms with Gasteiger partial charge < -0.3 is 20.3 Å². The molecule has 1 heterocycles. The Bertz CT molecular complexity index is 1100. The maximum atomic E-state index is 13.5. The summed E-state index contributed by atoms with van der Waals surface area (Å²) < 4.78 is 0. The fourth-order valence-electron chi connectivity index (χ4n) is 4.54. The fraction of sp³-hybridized carbons (Fsp3) is 0.567. The van der Waals surface area contributed by atoms with Gasteiger partial charge in [0.15, 0.2) is 5.78 Å². The molecule has 0 bridgehead atoms. The number of benzene rings is 1. The molecule has 2 rings (SSSR count). The van der Waals surface area contributed by atoms with Gasteiger partial charge in [-0.2, -0.15) is 11.8 Å². The van der Waals surface area contributed by atoms with Gasteiger partial charge in [-0.15, -0.1) is 5.06 Å². The van der Waals surface area contributed by atoms with Crippen molar-refractivity contribution in [1.29, 1.82) is 0 Å². The van der Waals surface area contributed by atoms with Crippen molar-refractivity contribution in [3.05, 3.63) is 35.9 Å². The summed E-state index contributed by atoms with van der Waals surface area (Å²) in [6.45, 7) is 3.74. The van der Waals surface area contributed by atoms with Gasteiger partial charge >= 0.3 is 5.97 Å². The number of hydroxylamine groups is 2. The van der Waals surface area contributed by atoms with Gasteiger partial charge in [-0.25, -0.2) is 4.79 Å². The molecule has 0 spiro atoms. The van der Waals surface area contributed by atoms with Crippen LogP contribution in [0.15, 0.2) is 30.3 Å². The second-order valence-corrected chi connectivity index (χ2v) is 11.7. The number of thioether (sulfide) groups is 1. The second-order valence-electron chi connectivity index (χ2n) is 10.7. The van der Waals surface area contributed by atoms with Crippen LogP contribution in [0.4, 0.5) is 0 Å². The Morgan fingerprint density at radius 1 is 1.02 bits per heavy atom. The molecule has 0 radical (unpaired) electrons. The number of carbonyl (C=O) groups is 7. The zero-order valence-electron chi connectivity index (χ0n) is 24.5. The highest BCUT2D eigenvalue weighted by Crippen LogP contribution is 2.19. The van der Waals surface area contributed by atoms with Crippen LogP contribution in [0.3, 0.4) is 0 Å². The normalized spacial score (nSPS) is 15.2. The SMILES string of the molecule is CSCC[C@H](CC=O)C(=O)N[C@@H](CC(C)C)C(=O)C[C@@H](Cc1ccccc1)C(=O)NCCC(=O)ON1C(=O)CCC1=O. The Hall–Kier alpha value is -3.54. The molecule has 1 aromatic carbocycles. The minimum Gasteiger partial charge on any atom is -0.355 e. The standard InChI is InChI=1S/C30H41N3O8S/c1-20(2)17-24(32-30(40)22(12-15-34)13-16-42-3)25(35)19-23(18-21-7-5-4-6-8-21)29(39)31-14-11-28(38)41-33-26(36)9-10-27(33)37/h4-8,15,20,22-24H,9-14,16-19H2,1-3H3,(H,31,39)(H,32,40)/t22-,23+,24-/m0/s1. The Morgan fingerprint density at radius 3 is 2.29 bits per heavy atom. The van der Waals surface area contributed by atoms with Crippen LogP contribution in [0.2, 0.25) is 0 Å². The summed E-state index contributed by atoms with van der Waals surface area (Å²) >= 11 is 1.57. The van der Waals surface area contributed by atoms with Gasteiger partial charge in [-0.3, -0.25) is 24.0 Å². The lowest BCUT2D eigenvalue weighted by molar-refractivity contribution is -0.197. The quantitative estimate of drug-likeness (QED) is 0.179. The average molecular weight is 604 g/mol. The van der Waals surface area contributed by atoms with E-state index >= 15 is 0 Å². The van der Waals surface area contributed by atoms with Crippen molar-refractivity contribution in [3.8, 4) is 0 Å². The van der Waals surface area contributed by atoms with E-state index in [1.165, 1.54) is 0 Å². The maximum absolute atomic E-state index is 13.5. The number of nitrogens with one attached hydrogen (secondary N) is 2. The van der Waals surface area contributed by atoms with Crippen molar-refractivity contribution in [3.63, 3.8) is 0 Å². The summed E-state index contributed by atoms with van der Waals surface area (Å²) in [5, 5.41) is 5.95. The minimum absolute atomic E-state index is 0.0220. The largest absolute Gasteiger partial charge is 0.355 e. The van der Waals surface area contributed by atoms with E-state index in [-0.39, 0.29) is 62.7 Å². The van der Waals surface area contributed by atoms with Gasteiger partial charge in [0.2, 0.25) is 11.8 Å². The fourth-order valence-corrected chi connectivity index (χ4v) is 5.06. The molecule has 1 saturated heterocycles. The van der Waals surface area contributed by atoms with E-state index < -0.39 is 41.6 Å². The first-order valence-corrected chi connectivity index (χ1v) is 15.6. The summed E-state index contributed by atoms with van der Waals surface area (Å²) in [5.41, 5.74) is 0.837. The van der Waals surface area contributed by atoms with Gasteiger partial charge in [-0.05, 0) is 42.8 Å². The molecule has 0 saturated carbocycles. The molecule has 0 aromatic heterocycles. The molecule has 2 N–H and O–H groups in total. The van der Waals surface area contributed by atoms with Crippen LogP contribution < -0.4 is 10.6 Å². The number of amides is 4. The number of aldehydes is 1. The summed E-state index contributed by atoms with van der Waals surface area (Å²) in [7, 11) is 0. The minimum atomic E-state index is -0.847. The monoisotopic (exact) mass is 603 g/mol. The Labute approximate surface area is 250 Å². The molecule has 42 heavy (non-hydrogen) atoms. The lowest BCUT2D eigenvalue weighted by Gasteiger charge is -2.24. The number of imide groups is 1. The predicted molar refractivity (Wildman–Crippen MR) is 157 cm³/mol. The Balaban J connectivity index is 2.08. The smallest absolute Gasteiger partial charge is 0.334 e. The first-order valence-electron chi connectivity index (χ1n) is 14.2. The number of nitrogens with zero attached hydrogens (tertiary/aromatic N) is 1. The molecular formula is C30H41N3O8S. The molecule has 0 aliphatic carbocycles. The molecule has 230 valence electrons.